The molecular weight excluding hydrogens is 294 g/mol. The van der Waals surface area contributed by atoms with Crippen LogP contribution in [0.15, 0.2) is 5.11 Å². The molecule has 0 amide bonds. The minimum atomic E-state index is -0.775. The largest absolute Gasteiger partial charge is 0.469 e. The smallest absolute Gasteiger partial charge is 0.308 e. The molecule has 2 aliphatic heterocycles. The van der Waals surface area contributed by atoms with Crippen LogP contribution in [-0.4, -0.2) is 63.0 Å². The molecule has 0 saturated carbocycles. The number of carbonyl (C=O) groups is 1. The van der Waals surface area contributed by atoms with Crippen LogP contribution in [0.5, 0.6) is 0 Å². The van der Waals surface area contributed by atoms with Crippen molar-refractivity contribution in [2.75, 3.05) is 20.8 Å². The molecule has 0 aromatic heterocycles. The number of hydrogen-bond acceptors (Lipinski definition) is 7. The first kappa shape index (κ1) is 17.0. The number of hydrogen-bond donors (Lipinski definition) is 0. The Morgan fingerprint density at radius 2 is 2.05 bits per heavy atom. The quantitative estimate of drug-likeness (QED) is 0.315. The minimum Gasteiger partial charge on any atom is -0.469 e. The molecule has 2 fully saturated rings. The van der Waals surface area contributed by atoms with Gasteiger partial charge in [0.1, 0.15) is 18.3 Å². The lowest BCUT2D eigenvalue weighted by Crippen LogP contribution is -2.41. The zero-order chi connectivity index (χ0) is 16.3. The third kappa shape index (κ3) is 3.50. The molecule has 2 saturated heterocycles. The molecule has 22 heavy (non-hydrogen) atoms. The monoisotopic (exact) mass is 315 g/mol. The van der Waals surface area contributed by atoms with Gasteiger partial charge in [0, 0.05) is 12.0 Å². The Kier molecular flexibility index (Phi) is 5.25. The first-order valence-corrected chi connectivity index (χ1v) is 7.03. The van der Waals surface area contributed by atoms with E-state index in [1.807, 2.05) is 0 Å². The number of nitrogens with zero attached hydrogens (tertiary/aromatic N) is 3. The summed E-state index contributed by atoms with van der Waals surface area (Å²) in [6.07, 6.45) is -2.20. The van der Waals surface area contributed by atoms with Crippen LogP contribution in [-0.2, 0) is 28.5 Å². The van der Waals surface area contributed by atoms with Crippen molar-refractivity contribution in [1.82, 2.24) is 0 Å². The van der Waals surface area contributed by atoms with E-state index in [4.69, 9.17) is 24.5 Å². The normalized spacial score (nSPS) is 33.8. The number of azide groups is 1. The van der Waals surface area contributed by atoms with Gasteiger partial charge in [-0.25, -0.2) is 0 Å². The SMILES string of the molecule is COC(=O)C[C@H]1O[C@H]([C@@H](CN=[N+]=[N-])OC)[C@@H]2OC(C)(C)O[C@@H]21. The Balaban J connectivity index is 2.16. The van der Waals surface area contributed by atoms with E-state index in [1.54, 1.807) is 13.8 Å². The Labute approximate surface area is 128 Å². The number of ether oxygens (including phenoxy) is 5. The first-order valence-electron chi connectivity index (χ1n) is 7.03. The van der Waals surface area contributed by atoms with Crippen molar-refractivity contribution in [3.8, 4) is 0 Å². The number of methoxy groups -OCH3 is 2. The molecule has 9 heteroatoms. The van der Waals surface area contributed by atoms with E-state index in [-0.39, 0.29) is 18.9 Å². The third-order valence-electron chi connectivity index (χ3n) is 3.78. The fourth-order valence-electron chi connectivity index (χ4n) is 2.86. The standard InChI is InChI=1S/C13H21N3O6/c1-13(2)21-11-7(5-9(17)19-4)20-10(12(11)22-13)8(18-3)6-15-16-14/h7-8,10-12H,5-6H2,1-4H3/t7-,8-,10-,11-,12+/m1/s1. The van der Waals surface area contributed by atoms with Crippen LogP contribution in [0.1, 0.15) is 20.3 Å². The summed E-state index contributed by atoms with van der Waals surface area (Å²) in [4.78, 5) is 14.3. The molecular formula is C13H21N3O6. The van der Waals surface area contributed by atoms with Crippen molar-refractivity contribution in [2.24, 2.45) is 5.11 Å². The number of carbonyl (C=O) groups excluding carboxylic acids is 1. The zero-order valence-electron chi connectivity index (χ0n) is 13.1. The first-order chi connectivity index (χ1) is 10.4. The lowest BCUT2D eigenvalue weighted by atomic mass is 10.0. The van der Waals surface area contributed by atoms with Gasteiger partial charge < -0.3 is 23.7 Å². The second-order valence-electron chi connectivity index (χ2n) is 5.67. The molecule has 0 bridgehead atoms. The maximum absolute atomic E-state index is 11.5. The molecule has 0 aliphatic carbocycles. The second-order valence-corrected chi connectivity index (χ2v) is 5.67. The summed E-state index contributed by atoms with van der Waals surface area (Å²) in [6.45, 7) is 3.70. The van der Waals surface area contributed by atoms with Crippen LogP contribution in [0.2, 0.25) is 0 Å². The lowest BCUT2D eigenvalue weighted by Gasteiger charge is -2.27. The summed E-state index contributed by atoms with van der Waals surface area (Å²) in [5, 5.41) is 3.53. The van der Waals surface area contributed by atoms with Crippen molar-refractivity contribution in [2.45, 2.75) is 56.6 Å². The molecule has 0 spiro atoms. The highest BCUT2D eigenvalue weighted by molar-refractivity contribution is 5.70. The van der Waals surface area contributed by atoms with E-state index in [0.717, 1.165) is 0 Å². The van der Waals surface area contributed by atoms with Crippen molar-refractivity contribution in [1.29, 1.82) is 0 Å². The highest BCUT2D eigenvalue weighted by atomic mass is 16.8. The van der Waals surface area contributed by atoms with Crippen molar-refractivity contribution in [3.05, 3.63) is 10.4 Å². The summed E-state index contributed by atoms with van der Waals surface area (Å²) in [7, 11) is 2.83. The summed E-state index contributed by atoms with van der Waals surface area (Å²) in [6, 6.07) is 0. The van der Waals surface area contributed by atoms with E-state index in [0.29, 0.717) is 0 Å². The molecule has 2 rings (SSSR count). The van der Waals surface area contributed by atoms with Gasteiger partial charge in [0.15, 0.2) is 5.79 Å². The highest BCUT2D eigenvalue weighted by Crippen LogP contribution is 2.41. The van der Waals surface area contributed by atoms with E-state index in [9.17, 15) is 4.79 Å². The fraction of sp³-hybridized carbons (Fsp3) is 0.923. The summed E-state index contributed by atoms with van der Waals surface area (Å²) >= 11 is 0. The maximum atomic E-state index is 11.5. The molecule has 9 nitrogen and oxygen atoms in total. The summed E-state index contributed by atoms with van der Waals surface area (Å²) < 4.78 is 27.6. The topological polar surface area (TPSA) is 112 Å². The minimum absolute atomic E-state index is 0.0611. The van der Waals surface area contributed by atoms with Gasteiger partial charge in [-0.2, -0.15) is 0 Å². The molecule has 5 atom stereocenters. The third-order valence-corrected chi connectivity index (χ3v) is 3.78. The van der Waals surface area contributed by atoms with Gasteiger partial charge in [-0.3, -0.25) is 4.79 Å². The van der Waals surface area contributed by atoms with Crippen LogP contribution in [0, 0.1) is 0 Å². The van der Waals surface area contributed by atoms with Crippen LogP contribution < -0.4 is 0 Å². The van der Waals surface area contributed by atoms with Crippen molar-refractivity contribution >= 4 is 5.97 Å². The molecule has 2 aliphatic rings. The van der Waals surface area contributed by atoms with Crippen molar-refractivity contribution < 1.29 is 28.5 Å². The lowest BCUT2D eigenvalue weighted by molar-refractivity contribution is -0.200. The van der Waals surface area contributed by atoms with Gasteiger partial charge in [0.2, 0.25) is 0 Å². The Bertz CT molecular complexity index is 465. The van der Waals surface area contributed by atoms with Gasteiger partial charge >= 0.3 is 5.97 Å². The van der Waals surface area contributed by atoms with E-state index < -0.39 is 36.3 Å². The predicted octanol–water partition coefficient (Wildman–Crippen LogP) is 1.16. The van der Waals surface area contributed by atoms with Gasteiger partial charge in [-0.1, -0.05) is 5.11 Å². The fourth-order valence-corrected chi connectivity index (χ4v) is 2.86. The molecule has 0 N–H and O–H groups in total. The zero-order valence-corrected chi connectivity index (χ0v) is 13.1. The van der Waals surface area contributed by atoms with E-state index in [1.165, 1.54) is 14.2 Å². The average Bonchev–Trinajstić information content (AvgIpc) is 2.95. The van der Waals surface area contributed by atoms with Crippen LogP contribution in [0.25, 0.3) is 10.4 Å². The molecule has 0 aromatic carbocycles. The number of fused-ring (bicyclic) bond motifs is 1. The molecule has 0 radical (unpaired) electrons. The predicted molar refractivity (Wildman–Crippen MR) is 73.9 cm³/mol. The molecule has 124 valence electrons. The van der Waals surface area contributed by atoms with Gasteiger partial charge in [-0.15, -0.1) is 0 Å². The molecule has 2 heterocycles. The molecule has 0 unspecified atom stereocenters. The summed E-state index contributed by atoms with van der Waals surface area (Å²) in [5.74, 6) is -1.16. The second kappa shape index (κ2) is 6.80. The average molecular weight is 315 g/mol. The Morgan fingerprint density at radius 1 is 1.36 bits per heavy atom. The van der Waals surface area contributed by atoms with Crippen LogP contribution >= 0.6 is 0 Å². The van der Waals surface area contributed by atoms with Gasteiger partial charge in [0.25, 0.3) is 0 Å². The highest BCUT2D eigenvalue weighted by Gasteiger charge is 2.57. The van der Waals surface area contributed by atoms with Crippen LogP contribution in [0.3, 0.4) is 0 Å². The van der Waals surface area contributed by atoms with Crippen LogP contribution in [0.4, 0.5) is 0 Å². The molecule has 0 aromatic rings. The maximum Gasteiger partial charge on any atom is 0.308 e. The number of esters is 1. The Hall–Kier alpha value is -1.38. The summed E-state index contributed by atoms with van der Waals surface area (Å²) in [5.41, 5.74) is 8.47. The number of rotatable bonds is 6. The van der Waals surface area contributed by atoms with E-state index >= 15 is 0 Å². The van der Waals surface area contributed by atoms with Crippen molar-refractivity contribution in [3.63, 3.8) is 0 Å². The van der Waals surface area contributed by atoms with E-state index in [2.05, 4.69) is 14.8 Å². The Morgan fingerprint density at radius 3 is 2.64 bits per heavy atom. The van der Waals surface area contributed by atoms with Gasteiger partial charge in [-0.05, 0) is 19.4 Å². The van der Waals surface area contributed by atoms with Gasteiger partial charge in [0.05, 0.1) is 32.3 Å².